The standard InChI is InChI=1S/C11H14N2O6.C11H16N2O4/c14-5-7-1-8(3-9(2-7)13(18)19)11(17)12-4-10(16)6-15;12-9-2-7(5-14)1-8(3-9)11(17)13-4-10(16)6-15/h1-3,10,14-16H,4-6H2,(H,12,17);1-3,10,14-16H,4-6,12H2,(H,13,17). The van der Waals surface area contributed by atoms with Crippen molar-refractivity contribution >= 4 is 23.2 Å². The van der Waals surface area contributed by atoms with Crippen molar-refractivity contribution in [2.75, 3.05) is 32.0 Å². The summed E-state index contributed by atoms with van der Waals surface area (Å²) >= 11 is 0. The molecule has 0 radical (unpaired) electrons. The zero-order valence-corrected chi connectivity index (χ0v) is 19.2. The molecule has 0 bridgehead atoms. The first-order valence-corrected chi connectivity index (χ1v) is 10.6. The first kappa shape index (κ1) is 30.4. The molecule has 0 fully saturated rings. The van der Waals surface area contributed by atoms with Crippen LogP contribution in [0.3, 0.4) is 0 Å². The second kappa shape index (κ2) is 15.4. The molecule has 0 heterocycles. The summed E-state index contributed by atoms with van der Waals surface area (Å²) in [6, 6.07) is 8.10. The Morgan fingerprint density at radius 3 is 1.67 bits per heavy atom. The predicted octanol–water partition coefficient (Wildman–Crippen LogP) is -1.99. The van der Waals surface area contributed by atoms with Gasteiger partial charge < -0.3 is 47.0 Å². The third kappa shape index (κ3) is 10.3. The normalized spacial score (nSPS) is 12.1. The van der Waals surface area contributed by atoms with E-state index in [2.05, 4.69) is 10.6 Å². The number of hydrogen-bond acceptors (Lipinski definition) is 11. The zero-order chi connectivity index (χ0) is 27.3. The number of hydrogen-bond donors (Lipinski definition) is 9. The number of carbonyl (C=O) groups excluding carboxylic acids is 2. The Balaban J connectivity index is 0.000000362. The summed E-state index contributed by atoms with van der Waals surface area (Å²) in [6.07, 6.45) is -2.09. The van der Waals surface area contributed by atoms with Crippen molar-refractivity contribution in [3.8, 4) is 0 Å². The van der Waals surface area contributed by atoms with Gasteiger partial charge in [0.25, 0.3) is 17.5 Å². The van der Waals surface area contributed by atoms with E-state index in [1.165, 1.54) is 24.3 Å². The van der Waals surface area contributed by atoms with E-state index >= 15 is 0 Å². The van der Waals surface area contributed by atoms with Crippen LogP contribution in [0.5, 0.6) is 0 Å². The molecule has 2 aromatic carbocycles. The number of carbonyl (C=O) groups is 2. The molecule has 10 N–H and O–H groups in total. The molecule has 0 saturated heterocycles. The number of aliphatic hydroxyl groups is 6. The lowest BCUT2D eigenvalue weighted by Crippen LogP contribution is -2.33. The summed E-state index contributed by atoms with van der Waals surface area (Å²) in [5.74, 6) is -1.05. The van der Waals surface area contributed by atoms with Crippen LogP contribution in [0.15, 0.2) is 36.4 Å². The van der Waals surface area contributed by atoms with Gasteiger partial charge in [-0.25, -0.2) is 0 Å². The van der Waals surface area contributed by atoms with Crippen molar-refractivity contribution < 1.29 is 45.2 Å². The molecule has 0 aromatic heterocycles. The van der Waals surface area contributed by atoms with E-state index in [9.17, 15) is 19.7 Å². The summed E-state index contributed by atoms with van der Waals surface area (Å²) in [6.45, 7) is -1.77. The second-order valence-corrected chi connectivity index (χ2v) is 7.52. The number of aliphatic hydroxyl groups excluding tert-OH is 6. The Hall–Kier alpha value is -3.66. The fourth-order valence-corrected chi connectivity index (χ4v) is 2.70. The van der Waals surface area contributed by atoms with Gasteiger partial charge in [-0.05, 0) is 35.4 Å². The van der Waals surface area contributed by atoms with Crippen molar-refractivity contribution in [1.82, 2.24) is 10.6 Å². The summed E-state index contributed by atoms with van der Waals surface area (Å²) in [5.41, 5.74) is 6.73. The van der Waals surface area contributed by atoms with Gasteiger partial charge in [0.15, 0.2) is 0 Å². The van der Waals surface area contributed by atoms with Crippen LogP contribution >= 0.6 is 0 Å². The van der Waals surface area contributed by atoms with Gasteiger partial charge in [-0.3, -0.25) is 19.7 Å². The fourth-order valence-electron chi connectivity index (χ4n) is 2.70. The number of nitrogens with one attached hydrogen (secondary N) is 2. The van der Waals surface area contributed by atoms with Crippen LogP contribution in [-0.4, -0.2) is 85.9 Å². The maximum Gasteiger partial charge on any atom is 0.270 e. The molecule has 2 unspecified atom stereocenters. The number of nitrogens with two attached hydrogens (primary N) is 1. The zero-order valence-electron chi connectivity index (χ0n) is 19.2. The third-order valence-electron chi connectivity index (χ3n) is 4.51. The molecule has 2 amide bonds. The molecule has 198 valence electrons. The maximum atomic E-state index is 11.7. The molecule has 0 aliphatic heterocycles. The molecule has 14 nitrogen and oxygen atoms in total. The number of nitrogens with zero attached hydrogens (tertiary/aromatic N) is 1. The quantitative estimate of drug-likeness (QED) is 0.0909. The summed E-state index contributed by atoms with van der Waals surface area (Å²) in [7, 11) is 0. The average Bonchev–Trinajstić information content (AvgIpc) is 2.89. The monoisotopic (exact) mass is 510 g/mol. The van der Waals surface area contributed by atoms with Crippen LogP contribution in [0.1, 0.15) is 31.8 Å². The minimum Gasteiger partial charge on any atom is -0.399 e. The van der Waals surface area contributed by atoms with Gasteiger partial charge in [0.2, 0.25) is 0 Å². The molecule has 0 aliphatic rings. The molecule has 36 heavy (non-hydrogen) atoms. The Bertz CT molecular complexity index is 1030. The van der Waals surface area contributed by atoms with E-state index in [-0.39, 0.29) is 36.5 Å². The number of non-ortho nitro benzene ring substituents is 1. The average molecular weight is 511 g/mol. The van der Waals surface area contributed by atoms with Crippen molar-refractivity contribution in [3.05, 3.63) is 68.8 Å². The van der Waals surface area contributed by atoms with Crippen LogP contribution < -0.4 is 16.4 Å². The number of nitrogen functional groups attached to an aromatic ring is 1. The van der Waals surface area contributed by atoms with Crippen LogP contribution in [0.2, 0.25) is 0 Å². The number of benzene rings is 2. The van der Waals surface area contributed by atoms with Crippen molar-refractivity contribution in [2.45, 2.75) is 25.4 Å². The first-order valence-electron chi connectivity index (χ1n) is 10.6. The number of rotatable bonds is 11. The fraction of sp³-hybridized carbons (Fsp3) is 0.364. The van der Waals surface area contributed by atoms with E-state index in [1.54, 1.807) is 6.07 Å². The van der Waals surface area contributed by atoms with Gasteiger partial charge >= 0.3 is 0 Å². The van der Waals surface area contributed by atoms with Crippen LogP contribution in [0.25, 0.3) is 0 Å². The minimum absolute atomic E-state index is 0.00314. The molecule has 2 atom stereocenters. The molecule has 0 spiro atoms. The van der Waals surface area contributed by atoms with E-state index in [1.807, 2.05) is 0 Å². The number of nitro benzene ring substituents is 1. The number of amides is 2. The van der Waals surface area contributed by atoms with Crippen LogP contribution in [0.4, 0.5) is 11.4 Å². The predicted molar refractivity (Wildman–Crippen MR) is 127 cm³/mol. The second-order valence-electron chi connectivity index (χ2n) is 7.52. The van der Waals surface area contributed by atoms with Crippen molar-refractivity contribution in [3.63, 3.8) is 0 Å². The van der Waals surface area contributed by atoms with Gasteiger partial charge in [-0.1, -0.05) is 0 Å². The molecular weight excluding hydrogens is 480 g/mol. The smallest absolute Gasteiger partial charge is 0.270 e. The molecule has 0 aliphatic carbocycles. The van der Waals surface area contributed by atoms with Gasteiger partial charge in [-0.15, -0.1) is 0 Å². The largest absolute Gasteiger partial charge is 0.399 e. The maximum absolute atomic E-state index is 11.7. The topological polar surface area (TPSA) is 249 Å². The lowest BCUT2D eigenvalue weighted by Gasteiger charge is -2.10. The number of nitro groups is 1. The van der Waals surface area contributed by atoms with Gasteiger partial charge in [-0.2, -0.15) is 0 Å². The highest BCUT2D eigenvalue weighted by molar-refractivity contribution is 5.95. The number of anilines is 1. The Kier molecular flexibility index (Phi) is 13.0. The molecule has 0 saturated carbocycles. The molecule has 2 rings (SSSR count). The van der Waals surface area contributed by atoms with E-state index in [0.717, 1.165) is 6.07 Å². The van der Waals surface area contributed by atoms with Gasteiger partial charge in [0, 0.05) is 42.0 Å². The minimum atomic E-state index is -1.10. The van der Waals surface area contributed by atoms with Crippen molar-refractivity contribution in [2.24, 2.45) is 0 Å². The lowest BCUT2D eigenvalue weighted by molar-refractivity contribution is -0.385. The first-order chi connectivity index (χ1) is 17.0. The van der Waals surface area contributed by atoms with Crippen molar-refractivity contribution in [1.29, 1.82) is 0 Å². The molecule has 2 aromatic rings. The Morgan fingerprint density at radius 1 is 0.806 bits per heavy atom. The third-order valence-corrected chi connectivity index (χ3v) is 4.51. The highest BCUT2D eigenvalue weighted by Crippen LogP contribution is 2.17. The lowest BCUT2D eigenvalue weighted by atomic mass is 10.1. The molecular formula is C22H30N4O10. The summed E-state index contributed by atoms with van der Waals surface area (Å²) in [4.78, 5) is 33.4. The summed E-state index contributed by atoms with van der Waals surface area (Å²) < 4.78 is 0. The van der Waals surface area contributed by atoms with E-state index in [4.69, 9.17) is 36.4 Å². The summed E-state index contributed by atoms with van der Waals surface area (Å²) in [5, 5.41) is 68.7. The Morgan fingerprint density at radius 2 is 1.25 bits per heavy atom. The van der Waals surface area contributed by atoms with Gasteiger partial charge in [0.05, 0.1) is 43.6 Å². The van der Waals surface area contributed by atoms with Crippen LogP contribution in [-0.2, 0) is 13.2 Å². The van der Waals surface area contributed by atoms with E-state index < -0.39 is 48.8 Å². The van der Waals surface area contributed by atoms with Gasteiger partial charge in [0.1, 0.15) is 0 Å². The van der Waals surface area contributed by atoms with Crippen LogP contribution in [0, 0.1) is 10.1 Å². The Labute approximate surface area is 205 Å². The highest BCUT2D eigenvalue weighted by Gasteiger charge is 2.15. The SMILES string of the molecule is Nc1cc(CO)cc(C(=O)NCC(O)CO)c1.O=C(NCC(O)CO)c1cc(CO)cc([N+](=O)[O-])c1. The van der Waals surface area contributed by atoms with E-state index in [0.29, 0.717) is 16.8 Å². The highest BCUT2D eigenvalue weighted by atomic mass is 16.6. The molecule has 14 heteroatoms.